The molecule has 110 valence electrons. The van der Waals surface area contributed by atoms with Crippen molar-refractivity contribution in [3.8, 4) is 22.3 Å². The van der Waals surface area contributed by atoms with Gasteiger partial charge in [0.25, 0.3) is 0 Å². The Morgan fingerprint density at radius 1 is 0.545 bits per heavy atom. The van der Waals surface area contributed by atoms with E-state index in [1.807, 2.05) is 0 Å². The lowest BCUT2D eigenvalue weighted by Gasteiger charge is -2.20. The SMILES string of the molecule is Cc1c(P)c(-c2ccccc2)c(P)c(C)c1-c1ccccc1. The van der Waals surface area contributed by atoms with E-state index in [1.165, 1.54) is 44.0 Å². The minimum absolute atomic E-state index is 1.27. The Morgan fingerprint density at radius 3 is 1.32 bits per heavy atom. The third kappa shape index (κ3) is 2.63. The highest BCUT2D eigenvalue weighted by atomic mass is 31.0. The second kappa shape index (κ2) is 6.33. The van der Waals surface area contributed by atoms with Crippen molar-refractivity contribution in [2.75, 3.05) is 0 Å². The zero-order valence-corrected chi connectivity index (χ0v) is 15.2. The van der Waals surface area contributed by atoms with Crippen molar-refractivity contribution >= 4 is 29.1 Å². The summed E-state index contributed by atoms with van der Waals surface area (Å²) in [7, 11) is 5.89. The van der Waals surface area contributed by atoms with Crippen molar-refractivity contribution in [3.63, 3.8) is 0 Å². The van der Waals surface area contributed by atoms with Gasteiger partial charge < -0.3 is 0 Å². The Labute approximate surface area is 137 Å². The number of rotatable bonds is 2. The molecule has 3 aromatic rings. The van der Waals surface area contributed by atoms with Gasteiger partial charge >= 0.3 is 0 Å². The molecule has 0 saturated heterocycles. The van der Waals surface area contributed by atoms with Gasteiger partial charge in [0.1, 0.15) is 0 Å². The van der Waals surface area contributed by atoms with Crippen LogP contribution in [0.5, 0.6) is 0 Å². The van der Waals surface area contributed by atoms with Crippen molar-refractivity contribution in [2.24, 2.45) is 0 Å². The largest absolute Gasteiger partial charge is 0.105 e. The Morgan fingerprint density at radius 2 is 0.909 bits per heavy atom. The van der Waals surface area contributed by atoms with Crippen LogP contribution in [0.4, 0.5) is 0 Å². The van der Waals surface area contributed by atoms with E-state index in [0.717, 1.165) is 0 Å². The van der Waals surface area contributed by atoms with Crippen LogP contribution >= 0.6 is 18.5 Å². The number of hydrogen-bond acceptors (Lipinski definition) is 0. The molecule has 0 aliphatic heterocycles. The Hall–Kier alpha value is -1.48. The van der Waals surface area contributed by atoms with Crippen molar-refractivity contribution in [1.29, 1.82) is 0 Å². The summed E-state index contributed by atoms with van der Waals surface area (Å²) in [5.41, 5.74) is 7.87. The van der Waals surface area contributed by atoms with E-state index in [2.05, 4.69) is 93.0 Å². The Balaban J connectivity index is 2.31. The van der Waals surface area contributed by atoms with E-state index in [-0.39, 0.29) is 0 Å². The molecule has 0 radical (unpaired) electrons. The Bertz CT molecular complexity index is 707. The van der Waals surface area contributed by atoms with Gasteiger partial charge in [-0.15, -0.1) is 18.5 Å². The summed E-state index contributed by atoms with van der Waals surface area (Å²) in [4.78, 5) is 0. The lowest BCUT2D eigenvalue weighted by Crippen LogP contribution is -2.17. The molecule has 3 rings (SSSR count). The first-order valence-electron chi connectivity index (χ1n) is 7.40. The van der Waals surface area contributed by atoms with Crippen molar-refractivity contribution in [3.05, 3.63) is 71.8 Å². The molecule has 0 nitrogen and oxygen atoms in total. The fourth-order valence-electron chi connectivity index (χ4n) is 3.02. The van der Waals surface area contributed by atoms with Gasteiger partial charge in [-0.3, -0.25) is 0 Å². The fraction of sp³-hybridized carbons (Fsp3) is 0.100. The van der Waals surface area contributed by atoms with Gasteiger partial charge in [0.2, 0.25) is 0 Å². The van der Waals surface area contributed by atoms with Crippen LogP contribution in [0, 0.1) is 13.8 Å². The average Bonchev–Trinajstić information content (AvgIpc) is 2.55. The summed E-state index contributed by atoms with van der Waals surface area (Å²) >= 11 is 0. The summed E-state index contributed by atoms with van der Waals surface area (Å²) in [6, 6.07) is 21.3. The van der Waals surface area contributed by atoms with Gasteiger partial charge in [-0.2, -0.15) is 0 Å². The summed E-state index contributed by atoms with van der Waals surface area (Å²) in [5, 5.41) is 2.56. The second-order valence-electron chi connectivity index (χ2n) is 5.56. The first-order valence-corrected chi connectivity index (χ1v) is 8.55. The molecule has 3 aromatic carbocycles. The molecule has 0 aliphatic carbocycles. The maximum absolute atomic E-state index is 2.95. The molecule has 0 heterocycles. The summed E-state index contributed by atoms with van der Waals surface area (Å²) in [6.45, 7) is 4.43. The molecule has 2 heteroatoms. The molecule has 0 fully saturated rings. The van der Waals surface area contributed by atoms with Gasteiger partial charge in [-0.1, -0.05) is 60.7 Å². The first kappa shape index (κ1) is 15.4. The van der Waals surface area contributed by atoms with E-state index in [9.17, 15) is 0 Å². The van der Waals surface area contributed by atoms with Crippen LogP contribution in [-0.2, 0) is 0 Å². The topological polar surface area (TPSA) is 0 Å². The highest BCUT2D eigenvalue weighted by molar-refractivity contribution is 7.31. The van der Waals surface area contributed by atoms with Crippen LogP contribution in [0.3, 0.4) is 0 Å². The van der Waals surface area contributed by atoms with Crippen LogP contribution < -0.4 is 10.6 Å². The normalized spacial score (nSPS) is 10.7. The van der Waals surface area contributed by atoms with Gasteiger partial charge in [-0.25, -0.2) is 0 Å². The molecule has 0 bridgehead atoms. The van der Waals surface area contributed by atoms with Crippen molar-refractivity contribution in [1.82, 2.24) is 0 Å². The van der Waals surface area contributed by atoms with E-state index < -0.39 is 0 Å². The molecule has 2 atom stereocenters. The number of hydrogen-bond donors (Lipinski definition) is 0. The van der Waals surface area contributed by atoms with Gasteiger partial charge in [0.05, 0.1) is 0 Å². The van der Waals surface area contributed by atoms with Crippen molar-refractivity contribution < 1.29 is 0 Å². The Kier molecular flexibility index (Phi) is 4.44. The predicted molar refractivity (Wildman–Crippen MR) is 105 cm³/mol. The zero-order chi connectivity index (χ0) is 15.7. The summed E-state index contributed by atoms with van der Waals surface area (Å²) in [5.74, 6) is 0. The van der Waals surface area contributed by atoms with Crippen LogP contribution in [0.15, 0.2) is 60.7 Å². The summed E-state index contributed by atoms with van der Waals surface area (Å²) in [6.07, 6.45) is 0. The van der Waals surface area contributed by atoms with Crippen LogP contribution in [-0.4, -0.2) is 0 Å². The van der Waals surface area contributed by atoms with E-state index in [0.29, 0.717) is 0 Å². The molecule has 0 aliphatic rings. The standard InChI is InChI=1S/C20H20P2/c1-13-17(15-9-5-3-6-10-15)14(2)20(22)18(19(13)21)16-11-7-4-8-12-16/h3-12H,21-22H2,1-2H3. The first-order chi connectivity index (χ1) is 10.6. The quantitative estimate of drug-likeness (QED) is 0.603. The molecular weight excluding hydrogens is 302 g/mol. The molecular formula is C20H20P2. The zero-order valence-electron chi connectivity index (χ0n) is 12.9. The second-order valence-corrected chi connectivity index (χ2v) is 6.71. The molecule has 0 amide bonds. The van der Waals surface area contributed by atoms with Gasteiger partial charge in [-0.05, 0) is 57.8 Å². The molecule has 0 saturated carbocycles. The molecule has 0 aromatic heterocycles. The molecule has 0 N–H and O–H groups in total. The minimum atomic E-state index is 1.27. The predicted octanol–water partition coefficient (Wildman–Crippen LogP) is 4.64. The smallest absolute Gasteiger partial charge is 0.00348 e. The average molecular weight is 322 g/mol. The highest BCUT2D eigenvalue weighted by Crippen LogP contribution is 2.31. The lowest BCUT2D eigenvalue weighted by atomic mass is 9.91. The molecule has 22 heavy (non-hydrogen) atoms. The monoisotopic (exact) mass is 322 g/mol. The van der Waals surface area contributed by atoms with E-state index >= 15 is 0 Å². The lowest BCUT2D eigenvalue weighted by molar-refractivity contribution is 1.43. The molecule has 2 unspecified atom stereocenters. The van der Waals surface area contributed by atoms with E-state index in [4.69, 9.17) is 0 Å². The summed E-state index contributed by atoms with van der Waals surface area (Å²) < 4.78 is 0. The third-order valence-electron chi connectivity index (χ3n) is 4.22. The van der Waals surface area contributed by atoms with E-state index in [1.54, 1.807) is 0 Å². The third-order valence-corrected chi connectivity index (χ3v) is 5.66. The van der Waals surface area contributed by atoms with Crippen LogP contribution in [0.25, 0.3) is 22.3 Å². The number of benzene rings is 3. The van der Waals surface area contributed by atoms with Crippen molar-refractivity contribution in [2.45, 2.75) is 13.8 Å². The minimum Gasteiger partial charge on any atom is -0.105 e. The van der Waals surface area contributed by atoms with Gasteiger partial charge in [0.15, 0.2) is 0 Å². The van der Waals surface area contributed by atoms with Gasteiger partial charge in [0, 0.05) is 0 Å². The fourth-order valence-corrected chi connectivity index (χ4v) is 4.12. The maximum Gasteiger partial charge on any atom is -0.00348 e. The maximum atomic E-state index is 2.95. The molecule has 0 spiro atoms. The van der Waals surface area contributed by atoms with Crippen LogP contribution in [0.1, 0.15) is 11.1 Å². The highest BCUT2D eigenvalue weighted by Gasteiger charge is 2.17. The van der Waals surface area contributed by atoms with Crippen LogP contribution in [0.2, 0.25) is 0 Å².